The highest BCUT2D eigenvalue weighted by Gasteiger charge is 2.39. The molecule has 150 valence electrons. The average Bonchev–Trinajstić information content (AvgIpc) is 3.32. The minimum absolute atomic E-state index is 0.0494. The van der Waals surface area contributed by atoms with Gasteiger partial charge >= 0.3 is 0 Å². The Morgan fingerprint density at radius 1 is 1.25 bits per heavy atom. The number of nitrogens with one attached hydrogen (secondary N) is 2. The van der Waals surface area contributed by atoms with Gasteiger partial charge in [-0.2, -0.15) is 0 Å². The van der Waals surface area contributed by atoms with Crippen molar-refractivity contribution in [2.24, 2.45) is 5.92 Å². The molecule has 0 radical (unpaired) electrons. The van der Waals surface area contributed by atoms with Crippen molar-refractivity contribution < 1.29 is 14.3 Å². The van der Waals surface area contributed by atoms with Gasteiger partial charge in [-0.25, -0.2) is 4.98 Å². The van der Waals surface area contributed by atoms with E-state index < -0.39 is 0 Å². The fourth-order valence-electron chi connectivity index (χ4n) is 4.00. The van der Waals surface area contributed by atoms with Crippen LogP contribution in [-0.2, 0) is 9.53 Å². The number of ether oxygens (including phenoxy) is 1. The van der Waals surface area contributed by atoms with E-state index in [4.69, 9.17) is 4.74 Å². The molecule has 4 rings (SSSR count). The summed E-state index contributed by atoms with van der Waals surface area (Å²) in [7, 11) is 0. The van der Waals surface area contributed by atoms with Gasteiger partial charge in [0, 0.05) is 38.3 Å². The van der Waals surface area contributed by atoms with E-state index in [1.54, 1.807) is 6.20 Å². The van der Waals surface area contributed by atoms with Crippen molar-refractivity contribution in [3.05, 3.63) is 35.2 Å². The zero-order valence-corrected chi connectivity index (χ0v) is 16.4. The van der Waals surface area contributed by atoms with Crippen LogP contribution in [0.2, 0.25) is 0 Å². The number of carbonyl (C=O) groups excluding carboxylic acids is 2. The fraction of sp³-hybridized carbons (Fsp3) is 0.571. The highest BCUT2D eigenvalue weighted by molar-refractivity contribution is 5.99. The molecule has 1 aliphatic carbocycles. The third kappa shape index (κ3) is 4.13. The largest absolute Gasteiger partial charge is 0.497 e. The summed E-state index contributed by atoms with van der Waals surface area (Å²) in [4.78, 5) is 31.7. The van der Waals surface area contributed by atoms with E-state index in [1.807, 2.05) is 19.1 Å². The number of rotatable bonds is 6. The zero-order valence-electron chi connectivity index (χ0n) is 16.4. The smallest absolute Gasteiger partial charge is 0.255 e. The maximum Gasteiger partial charge on any atom is 0.255 e. The standard InChI is InChI=1S/C21H28N4O3/c1-14-16(7-11-28-14)20(26)23-13-15-12-18(15)24-21(27)17-6-5-8-22-19(17)25-9-3-2-4-10-25/h5-6,8,15,18H,2-4,7,9-13H2,1H3,(H,23,26)(H,24,27). The Labute approximate surface area is 165 Å². The van der Waals surface area contributed by atoms with E-state index >= 15 is 0 Å². The minimum atomic E-state index is -0.0738. The lowest BCUT2D eigenvalue weighted by Gasteiger charge is -2.29. The Kier molecular flexibility index (Phi) is 5.50. The first-order valence-electron chi connectivity index (χ1n) is 10.2. The van der Waals surface area contributed by atoms with Gasteiger partial charge in [-0.1, -0.05) is 0 Å². The Hall–Kier alpha value is -2.57. The van der Waals surface area contributed by atoms with Crippen molar-refractivity contribution in [1.29, 1.82) is 0 Å². The normalized spacial score (nSPS) is 24.0. The topological polar surface area (TPSA) is 83.6 Å². The SMILES string of the molecule is CC1=C(C(=O)NCC2CC2NC(=O)c2cccnc2N2CCCCC2)CCO1. The molecule has 0 aromatic carbocycles. The van der Waals surface area contributed by atoms with E-state index in [0.717, 1.165) is 49.5 Å². The first-order valence-corrected chi connectivity index (χ1v) is 10.2. The molecule has 2 unspecified atom stereocenters. The van der Waals surface area contributed by atoms with Crippen LogP contribution in [0.5, 0.6) is 0 Å². The molecule has 7 nitrogen and oxygen atoms in total. The second-order valence-corrected chi connectivity index (χ2v) is 7.84. The van der Waals surface area contributed by atoms with Crippen LogP contribution in [-0.4, -0.2) is 49.1 Å². The molecule has 28 heavy (non-hydrogen) atoms. The van der Waals surface area contributed by atoms with Gasteiger partial charge in [-0.15, -0.1) is 0 Å². The van der Waals surface area contributed by atoms with Crippen LogP contribution < -0.4 is 15.5 Å². The van der Waals surface area contributed by atoms with Gasteiger partial charge in [0.1, 0.15) is 11.6 Å². The minimum Gasteiger partial charge on any atom is -0.497 e. The van der Waals surface area contributed by atoms with Crippen LogP contribution in [0.25, 0.3) is 0 Å². The first kappa shape index (κ1) is 18.8. The number of carbonyl (C=O) groups is 2. The van der Waals surface area contributed by atoms with E-state index in [1.165, 1.54) is 6.42 Å². The second kappa shape index (κ2) is 8.20. The lowest BCUT2D eigenvalue weighted by Crippen LogP contribution is -2.35. The Bertz CT molecular complexity index is 786. The van der Waals surface area contributed by atoms with E-state index in [2.05, 4.69) is 20.5 Å². The van der Waals surface area contributed by atoms with E-state index in [0.29, 0.717) is 25.1 Å². The molecular weight excluding hydrogens is 356 g/mol. The number of pyridine rings is 1. The van der Waals surface area contributed by atoms with Gasteiger partial charge in [0.25, 0.3) is 11.8 Å². The van der Waals surface area contributed by atoms with Crippen molar-refractivity contribution in [2.75, 3.05) is 31.1 Å². The summed E-state index contributed by atoms with van der Waals surface area (Å²) in [6.07, 6.45) is 6.83. The van der Waals surface area contributed by atoms with Gasteiger partial charge < -0.3 is 20.3 Å². The van der Waals surface area contributed by atoms with Gasteiger partial charge in [-0.3, -0.25) is 9.59 Å². The summed E-state index contributed by atoms with van der Waals surface area (Å²) in [6.45, 7) is 4.90. The number of anilines is 1. The van der Waals surface area contributed by atoms with Crippen LogP contribution in [0.3, 0.4) is 0 Å². The van der Waals surface area contributed by atoms with E-state index in [9.17, 15) is 9.59 Å². The lowest BCUT2D eigenvalue weighted by molar-refractivity contribution is -0.117. The van der Waals surface area contributed by atoms with Crippen molar-refractivity contribution in [3.63, 3.8) is 0 Å². The zero-order chi connectivity index (χ0) is 19.5. The number of piperidine rings is 1. The van der Waals surface area contributed by atoms with Gasteiger partial charge in [-0.05, 0) is 50.7 Å². The predicted molar refractivity (Wildman–Crippen MR) is 106 cm³/mol. The van der Waals surface area contributed by atoms with E-state index in [-0.39, 0.29) is 23.8 Å². The molecule has 2 fully saturated rings. The molecule has 1 aromatic heterocycles. The molecule has 3 heterocycles. The van der Waals surface area contributed by atoms with Crippen molar-refractivity contribution in [1.82, 2.24) is 15.6 Å². The molecule has 2 amide bonds. The number of aromatic nitrogens is 1. The molecule has 2 atom stereocenters. The summed E-state index contributed by atoms with van der Waals surface area (Å²) in [5, 5.41) is 6.08. The monoisotopic (exact) mass is 384 g/mol. The quantitative estimate of drug-likeness (QED) is 0.784. The molecule has 3 aliphatic rings. The van der Waals surface area contributed by atoms with Gasteiger partial charge in [0.2, 0.25) is 0 Å². The highest BCUT2D eigenvalue weighted by Crippen LogP contribution is 2.31. The number of hydrogen-bond acceptors (Lipinski definition) is 5. The fourth-order valence-corrected chi connectivity index (χ4v) is 4.00. The first-order chi connectivity index (χ1) is 13.6. The molecule has 0 bridgehead atoms. The summed E-state index contributed by atoms with van der Waals surface area (Å²) in [5.41, 5.74) is 1.38. The molecule has 1 saturated carbocycles. The maximum absolute atomic E-state index is 12.8. The highest BCUT2D eigenvalue weighted by atomic mass is 16.5. The van der Waals surface area contributed by atoms with Crippen LogP contribution in [0.1, 0.15) is 49.4 Å². The molecule has 1 saturated heterocycles. The maximum atomic E-state index is 12.8. The Balaban J connectivity index is 1.30. The molecule has 2 N–H and O–H groups in total. The van der Waals surface area contributed by atoms with Gasteiger partial charge in [0.15, 0.2) is 0 Å². The van der Waals surface area contributed by atoms with Gasteiger partial charge in [0.05, 0.1) is 17.7 Å². The molecule has 1 aromatic rings. The molecule has 7 heteroatoms. The molecule has 0 spiro atoms. The summed E-state index contributed by atoms with van der Waals surface area (Å²) >= 11 is 0. The van der Waals surface area contributed by atoms with Crippen molar-refractivity contribution in [3.8, 4) is 0 Å². The Morgan fingerprint density at radius 2 is 2.07 bits per heavy atom. The number of allylic oxidation sites excluding steroid dienone is 1. The number of nitrogens with zero attached hydrogens (tertiary/aromatic N) is 2. The molecule has 2 aliphatic heterocycles. The van der Waals surface area contributed by atoms with Crippen LogP contribution in [0, 0.1) is 5.92 Å². The summed E-state index contributed by atoms with van der Waals surface area (Å²) in [6, 6.07) is 3.77. The number of hydrogen-bond donors (Lipinski definition) is 2. The van der Waals surface area contributed by atoms with Crippen molar-refractivity contribution >= 4 is 17.6 Å². The third-order valence-corrected chi connectivity index (χ3v) is 5.82. The molecular formula is C21H28N4O3. The van der Waals surface area contributed by atoms with Crippen LogP contribution in [0.15, 0.2) is 29.7 Å². The summed E-state index contributed by atoms with van der Waals surface area (Å²) < 4.78 is 5.34. The number of amides is 2. The van der Waals surface area contributed by atoms with Crippen LogP contribution in [0.4, 0.5) is 5.82 Å². The lowest BCUT2D eigenvalue weighted by atomic mass is 10.1. The predicted octanol–water partition coefficient (Wildman–Crippen LogP) is 2.00. The summed E-state index contributed by atoms with van der Waals surface area (Å²) in [5.74, 6) is 1.67. The average molecular weight is 384 g/mol. The second-order valence-electron chi connectivity index (χ2n) is 7.84. The Morgan fingerprint density at radius 3 is 2.82 bits per heavy atom. The van der Waals surface area contributed by atoms with Crippen molar-refractivity contribution in [2.45, 2.75) is 45.1 Å². The van der Waals surface area contributed by atoms with Crippen LogP contribution >= 0.6 is 0 Å². The third-order valence-electron chi connectivity index (χ3n) is 5.82.